The highest BCUT2D eigenvalue weighted by Crippen LogP contribution is 2.33. The standard InChI is InChI=1S/C14H13F4NOS/c15-12-4-3-9(6-11(12)14(16,17)18)13(8-20)19-7-10-2-1-5-21-10/h1-6,13,19-20H,7-8H2. The summed E-state index contributed by atoms with van der Waals surface area (Å²) >= 11 is 1.50. The SMILES string of the molecule is OCC(NCc1cccs1)c1ccc(F)c(C(F)(F)F)c1. The van der Waals surface area contributed by atoms with Crippen molar-refractivity contribution in [2.24, 2.45) is 0 Å². The van der Waals surface area contributed by atoms with E-state index in [1.807, 2.05) is 17.5 Å². The van der Waals surface area contributed by atoms with Gasteiger partial charge in [0.2, 0.25) is 0 Å². The summed E-state index contributed by atoms with van der Waals surface area (Å²) in [6.07, 6.45) is -4.76. The molecular weight excluding hydrogens is 306 g/mol. The van der Waals surface area contributed by atoms with Crippen molar-refractivity contribution in [3.63, 3.8) is 0 Å². The van der Waals surface area contributed by atoms with E-state index in [0.717, 1.165) is 17.0 Å². The van der Waals surface area contributed by atoms with Gasteiger partial charge in [-0.05, 0) is 29.1 Å². The van der Waals surface area contributed by atoms with Crippen molar-refractivity contribution in [3.8, 4) is 0 Å². The lowest BCUT2D eigenvalue weighted by atomic mass is 10.0. The van der Waals surface area contributed by atoms with Crippen LogP contribution in [-0.2, 0) is 12.7 Å². The van der Waals surface area contributed by atoms with Crippen LogP contribution in [0.15, 0.2) is 35.7 Å². The minimum atomic E-state index is -4.76. The van der Waals surface area contributed by atoms with Crippen molar-refractivity contribution >= 4 is 11.3 Å². The maximum Gasteiger partial charge on any atom is 0.419 e. The van der Waals surface area contributed by atoms with Crippen LogP contribution in [0, 0.1) is 5.82 Å². The third-order valence-corrected chi connectivity index (χ3v) is 3.86. The molecule has 0 aliphatic heterocycles. The molecule has 0 bridgehead atoms. The Morgan fingerprint density at radius 2 is 2.00 bits per heavy atom. The van der Waals surface area contributed by atoms with Gasteiger partial charge >= 0.3 is 6.18 Å². The predicted molar refractivity (Wildman–Crippen MR) is 72.4 cm³/mol. The van der Waals surface area contributed by atoms with E-state index in [2.05, 4.69) is 5.32 Å². The molecule has 2 aromatic rings. The number of thiophene rings is 1. The molecule has 1 atom stereocenters. The first-order valence-corrected chi connectivity index (χ1v) is 7.03. The molecule has 0 saturated heterocycles. The maximum atomic E-state index is 13.2. The molecule has 21 heavy (non-hydrogen) atoms. The molecule has 1 unspecified atom stereocenters. The first-order chi connectivity index (χ1) is 9.91. The monoisotopic (exact) mass is 319 g/mol. The maximum absolute atomic E-state index is 13.2. The van der Waals surface area contributed by atoms with E-state index in [-0.39, 0.29) is 12.2 Å². The highest BCUT2D eigenvalue weighted by atomic mass is 32.1. The number of benzene rings is 1. The molecule has 1 heterocycles. The summed E-state index contributed by atoms with van der Waals surface area (Å²) in [6.45, 7) is 0.0376. The van der Waals surface area contributed by atoms with Gasteiger partial charge in [-0.1, -0.05) is 12.1 Å². The largest absolute Gasteiger partial charge is 0.419 e. The van der Waals surface area contributed by atoms with Gasteiger partial charge in [0, 0.05) is 11.4 Å². The Kier molecular flexibility index (Phi) is 4.97. The molecule has 7 heteroatoms. The average Bonchev–Trinajstić information content (AvgIpc) is 2.93. The molecule has 1 aromatic carbocycles. The normalized spacial score (nSPS) is 13.4. The third kappa shape index (κ3) is 4.03. The summed E-state index contributed by atoms with van der Waals surface area (Å²) in [7, 11) is 0. The lowest BCUT2D eigenvalue weighted by Crippen LogP contribution is -2.24. The van der Waals surface area contributed by atoms with E-state index < -0.39 is 23.6 Å². The molecule has 1 aromatic heterocycles. The van der Waals surface area contributed by atoms with Gasteiger partial charge < -0.3 is 10.4 Å². The fourth-order valence-corrected chi connectivity index (χ4v) is 2.56. The van der Waals surface area contributed by atoms with E-state index in [0.29, 0.717) is 6.54 Å². The van der Waals surface area contributed by atoms with Crippen LogP contribution >= 0.6 is 11.3 Å². The predicted octanol–water partition coefficient (Wildman–Crippen LogP) is 3.73. The molecular formula is C14H13F4NOS. The topological polar surface area (TPSA) is 32.3 Å². The number of rotatable bonds is 5. The number of hydrogen-bond donors (Lipinski definition) is 2. The Labute approximate surface area is 123 Å². The minimum absolute atomic E-state index is 0.197. The van der Waals surface area contributed by atoms with Crippen LogP contribution in [0.25, 0.3) is 0 Å². The Hall–Kier alpha value is -1.44. The fourth-order valence-electron chi connectivity index (χ4n) is 1.90. The van der Waals surface area contributed by atoms with E-state index >= 15 is 0 Å². The summed E-state index contributed by atoms with van der Waals surface area (Å²) in [5, 5.41) is 14.2. The van der Waals surface area contributed by atoms with E-state index in [4.69, 9.17) is 0 Å². The molecule has 114 valence electrons. The molecule has 0 amide bonds. The number of nitrogens with one attached hydrogen (secondary N) is 1. The van der Waals surface area contributed by atoms with Gasteiger partial charge in [0.25, 0.3) is 0 Å². The van der Waals surface area contributed by atoms with Crippen LogP contribution in [0.5, 0.6) is 0 Å². The molecule has 0 radical (unpaired) electrons. The van der Waals surface area contributed by atoms with Crippen molar-refractivity contribution in [2.75, 3.05) is 6.61 Å². The summed E-state index contributed by atoms with van der Waals surface area (Å²) in [5.74, 6) is -1.32. The number of halogens is 4. The zero-order valence-electron chi connectivity index (χ0n) is 10.8. The lowest BCUT2D eigenvalue weighted by Gasteiger charge is -2.18. The number of alkyl halides is 3. The zero-order valence-corrected chi connectivity index (χ0v) is 11.6. The van der Waals surface area contributed by atoms with Crippen LogP contribution in [0.4, 0.5) is 17.6 Å². The van der Waals surface area contributed by atoms with Crippen LogP contribution in [-0.4, -0.2) is 11.7 Å². The van der Waals surface area contributed by atoms with Crippen molar-refractivity contribution in [1.82, 2.24) is 5.32 Å². The minimum Gasteiger partial charge on any atom is -0.394 e. The molecule has 0 saturated carbocycles. The smallest absolute Gasteiger partial charge is 0.394 e. The van der Waals surface area contributed by atoms with Gasteiger partial charge in [-0.2, -0.15) is 13.2 Å². The molecule has 2 rings (SSSR count). The first kappa shape index (κ1) is 15.9. The second-order valence-corrected chi connectivity index (χ2v) is 5.46. The molecule has 2 nitrogen and oxygen atoms in total. The second kappa shape index (κ2) is 6.55. The van der Waals surface area contributed by atoms with E-state index in [1.165, 1.54) is 17.4 Å². The Bertz CT molecular complexity index is 583. The molecule has 0 spiro atoms. The summed E-state index contributed by atoms with van der Waals surface area (Å²) in [5.41, 5.74) is -1.13. The zero-order chi connectivity index (χ0) is 15.5. The summed E-state index contributed by atoms with van der Waals surface area (Å²) in [4.78, 5) is 0.992. The molecule has 2 N–H and O–H groups in total. The third-order valence-electron chi connectivity index (χ3n) is 2.98. The lowest BCUT2D eigenvalue weighted by molar-refractivity contribution is -0.140. The highest BCUT2D eigenvalue weighted by Gasteiger charge is 2.34. The number of hydrogen-bond acceptors (Lipinski definition) is 3. The van der Waals surface area contributed by atoms with Crippen LogP contribution in [0.1, 0.15) is 22.0 Å². The summed E-state index contributed by atoms with van der Waals surface area (Å²) in [6, 6.07) is 5.79. The van der Waals surface area contributed by atoms with Gasteiger partial charge in [-0.25, -0.2) is 4.39 Å². The van der Waals surface area contributed by atoms with E-state index in [1.54, 1.807) is 0 Å². The number of aliphatic hydroxyl groups excluding tert-OH is 1. The van der Waals surface area contributed by atoms with Crippen LogP contribution in [0.2, 0.25) is 0 Å². The van der Waals surface area contributed by atoms with Crippen LogP contribution in [0.3, 0.4) is 0 Å². The molecule has 0 fully saturated rings. The Morgan fingerprint density at radius 3 is 2.57 bits per heavy atom. The summed E-state index contributed by atoms with van der Waals surface area (Å²) < 4.78 is 51.3. The Balaban J connectivity index is 2.18. The second-order valence-electron chi connectivity index (χ2n) is 4.43. The van der Waals surface area contributed by atoms with Crippen LogP contribution < -0.4 is 5.32 Å². The van der Waals surface area contributed by atoms with Crippen molar-refractivity contribution in [3.05, 3.63) is 57.5 Å². The van der Waals surface area contributed by atoms with Gasteiger partial charge in [0.1, 0.15) is 5.82 Å². The van der Waals surface area contributed by atoms with E-state index in [9.17, 15) is 22.7 Å². The van der Waals surface area contributed by atoms with Crippen molar-refractivity contribution < 1.29 is 22.7 Å². The van der Waals surface area contributed by atoms with Crippen molar-refractivity contribution in [1.29, 1.82) is 0 Å². The highest BCUT2D eigenvalue weighted by molar-refractivity contribution is 7.09. The Morgan fingerprint density at radius 1 is 1.24 bits per heavy atom. The van der Waals surface area contributed by atoms with Gasteiger partial charge in [0.15, 0.2) is 0 Å². The quantitative estimate of drug-likeness (QED) is 0.823. The fraction of sp³-hybridized carbons (Fsp3) is 0.286. The van der Waals surface area contributed by atoms with Gasteiger partial charge in [-0.3, -0.25) is 0 Å². The molecule has 0 aliphatic rings. The number of aliphatic hydroxyl groups is 1. The first-order valence-electron chi connectivity index (χ1n) is 6.15. The van der Waals surface area contributed by atoms with Crippen molar-refractivity contribution in [2.45, 2.75) is 18.8 Å². The van der Waals surface area contributed by atoms with Gasteiger partial charge in [0.05, 0.1) is 18.2 Å². The molecule has 0 aliphatic carbocycles. The average molecular weight is 319 g/mol. The van der Waals surface area contributed by atoms with Gasteiger partial charge in [-0.15, -0.1) is 11.3 Å².